The first-order valence-electron chi connectivity index (χ1n) is 8.09. The van der Waals surface area contributed by atoms with E-state index in [1.54, 1.807) is 0 Å². The van der Waals surface area contributed by atoms with Crippen molar-refractivity contribution in [1.29, 1.82) is 0 Å². The van der Waals surface area contributed by atoms with E-state index in [1.165, 1.54) is 0 Å². The molecule has 5 nitrogen and oxygen atoms in total. The largest absolute Gasteiger partial charge is 0.434 e. The van der Waals surface area contributed by atoms with E-state index in [-0.39, 0.29) is 30.5 Å². The molecule has 27 heavy (non-hydrogen) atoms. The Labute approximate surface area is 178 Å². The Morgan fingerprint density at radius 2 is 1.85 bits per heavy atom. The third kappa shape index (κ3) is 7.53. The van der Waals surface area contributed by atoms with Crippen molar-refractivity contribution in [3.8, 4) is 0 Å². The van der Waals surface area contributed by atoms with Crippen molar-refractivity contribution in [3.05, 3.63) is 45.9 Å². The number of benzene rings is 1. The van der Waals surface area contributed by atoms with Gasteiger partial charge < -0.3 is 15.5 Å². The fraction of sp³-hybridized carbons (Fsp3) is 0.412. The predicted octanol–water partition coefficient (Wildman–Crippen LogP) is 4.10. The summed E-state index contributed by atoms with van der Waals surface area (Å²) < 4.78 is 37.8. The van der Waals surface area contributed by atoms with Gasteiger partial charge in [-0.3, -0.25) is 0 Å². The molecule has 2 aromatic rings. The number of aliphatic imine (C=N–C) groups is 1. The first kappa shape index (κ1) is 23.5. The lowest BCUT2D eigenvalue weighted by Crippen LogP contribution is -2.36. The Kier molecular flexibility index (Phi) is 9.30. The van der Waals surface area contributed by atoms with Crippen LogP contribution in [0.4, 0.5) is 18.9 Å². The van der Waals surface area contributed by atoms with Crippen LogP contribution in [0.3, 0.4) is 0 Å². The van der Waals surface area contributed by atoms with Crippen LogP contribution in [0.15, 0.2) is 34.6 Å². The van der Waals surface area contributed by atoms with Gasteiger partial charge in [-0.25, -0.2) is 9.98 Å². The minimum absolute atomic E-state index is 0. The highest BCUT2D eigenvalue weighted by molar-refractivity contribution is 14.0. The number of rotatable bonds is 6. The normalized spacial score (nSPS) is 11.7. The van der Waals surface area contributed by atoms with Crippen LogP contribution in [-0.4, -0.2) is 31.6 Å². The van der Waals surface area contributed by atoms with Crippen molar-refractivity contribution >= 4 is 47.0 Å². The highest BCUT2D eigenvalue weighted by atomic mass is 127. The number of nitrogens with zero attached hydrogens (tertiary/aromatic N) is 3. The van der Waals surface area contributed by atoms with Gasteiger partial charge in [0.25, 0.3) is 0 Å². The van der Waals surface area contributed by atoms with Crippen LogP contribution in [0.1, 0.15) is 23.2 Å². The van der Waals surface area contributed by atoms with E-state index < -0.39 is 11.9 Å². The molecule has 150 valence electrons. The Morgan fingerprint density at radius 3 is 2.37 bits per heavy atom. The number of hydrogen-bond acceptors (Lipinski definition) is 4. The summed E-state index contributed by atoms with van der Waals surface area (Å²) in [6.07, 6.45) is -4.41. The minimum atomic E-state index is -4.41. The lowest BCUT2D eigenvalue weighted by atomic mass is 10.2. The molecule has 1 aromatic carbocycles. The Balaban J connectivity index is 0.00000364. The zero-order valence-electron chi connectivity index (χ0n) is 15.3. The molecule has 1 heterocycles. The fourth-order valence-electron chi connectivity index (χ4n) is 2.09. The van der Waals surface area contributed by atoms with E-state index in [0.717, 1.165) is 28.0 Å². The molecule has 0 spiro atoms. The molecule has 0 bridgehead atoms. The molecule has 0 atom stereocenters. The second-order valence-corrected chi connectivity index (χ2v) is 6.68. The Hall–Kier alpha value is -1.56. The van der Waals surface area contributed by atoms with Crippen molar-refractivity contribution in [2.24, 2.45) is 4.99 Å². The second kappa shape index (κ2) is 10.7. The number of alkyl halides is 3. The van der Waals surface area contributed by atoms with Crippen LogP contribution in [0.2, 0.25) is 0 Å². The molecule has 10 heteroatoms. The number of thiazole rings is 1. The van der Waals surface area contributed by atoms with Crippen molar-refractivity contribution < 1.29 is 13.2 Å². The minimum Gasteiger partial charge on any atom is -0.378 e. The molecular formula is C17H23F3IN5S. The van der Waals surface area contributed by atoms with Gasteiger partial charge in [0.15, 0.2) is 11.7 Å². The van der Waals surface area contributed by atoms with E-state index in [1.807, 2.05) is 50.2 Å². The summed E-state index contributed by atoms with van der Waals surface area (Å²) in [7, 11) is 3.95. The average Bonchev–Trinajstić information content (AvgIpc) is 3.07. The summed E-state index contributed by atoms with van der Waals surface area (Å²) in [5.74, 6) is 0.535. The van der Waals surface area contributed by atoms with Gasteiger partial charge in [-0.1, -0.05) is 12.1 Å². The number of hydrogen-bond donors (Lipinski definition) is 2. The maximum absolute atomic E-state index is 12.6. The van der Waals surface area contributed by atoms with Crippen LogP contribution in [0.25, 0.3) is 0 Å². The van der Waals surface area contributed by atoms with Crippen LogP contribution in [-0.2, 0) is 19.3 Å². The van der Waals surface area contributed by atoms with Crippen molar-refractivity contribution in [2.45, 2.75) is 26.2 Å². The van der Waals surface area contributed by atoms with Gasteiger partial charge >= 0.3 is 6.18 Å². The van der Waals surface area contributed by atoms with Crippen molar-refractivity contribution in [2.75, 3.05) is 25.5 Å². The molecule has 0 radical (unpaired) electrons. The SMILES string of the molecule is CCNC(=NCc1ccc(N(C)C)cc1)NCc1nc(C(F)(F)F)cs1.I. The number of anilines is 1. The summed E-state index contributed by atoms with van der Waals surface area (Å²) >= 11 is 0.974. The molecule has 1 aromatic heterocycles. The molecule has 0 aliphatic rings. The van der Waals surface area contributed by atoms with E-state index in [4.69, 9.17) is 0 Å². The second-order valence-electron chi connectivity index (χ2n) is 5.73. The van der Waals surface area contributed by atoms with E-state index in [2.05, 4.69) is 20.6 Å². The summed E-state index contributed by atoms with van der Waals surface area (Å²) in [6.45, 7) is 3.23. The third-order valence-electron chi connectivity index (χ3n) is 3.47. The van der Waals surface area contributed by atoms with E-state index in [9.17, 15) is 13.2 Å². The highest BCUT2D eigenvalue weighted by Gasteiger charge is 2.33. The molecule has 0 saturated carbocycles. The van der Waals surface area contributed by atoms with Crippen LogP contribution in [0.5, 0.6) is 0 Å². The first-order valence-corrected chi connectivity index (χ1v) is 8.97. The maximum atomic E-state index is 12.6. The predicted molar refractivity (Wildman–Crippen MR) is 115 cm³/mol. The summed E-state index contributed by atoms with van der Waals surface area (Å²) in [6, 6.07) is 8.02. The van der Waals surface area contributed by atoms with E-state index in [0.29, 0.717) is 24.1 Å². The summed E-state index contributed by atoms with van der Waals surface area (Å²) in [5, 5.41) is 7.47. The number of nitrogens with one attached hydrogen (secondary N) is 2. The summed E-state index contributed by atoms with van der Waals surface area (Å²) in [4.78, 5) is 10.1. The molecule has 2 rings (SSSR count). The third-order valence-corrected chi connectivity index (χ3v) is 4.31. The Morgan fingerprint density at radius 1 is 1.19 bits per heavy atom. The molecule has 0 amide bonds. The molecule has 0 aliphatic heterocycles. The van der Waals surface area contributed by atoms with Crippen molar-refractivity contribution in [3.63, 3.8) is 0 Å². The molecule has 0 fully saturated rings. The van der Waals surface area contributed by atoms with Gasteiger partial charge in [-0.2, -0.15) is 13.2 Å². The number of halogens is 4. The topological polar surface area (TPSA) is 52.6 Å². The van der Waals surface area contributed by atoms with Gasteiger partial charge in [0, 0.05) is 31.7 Å². The van der Waals surface area contributed by atoms with E-state index >= 15 is 0 Å². The fourth-order valence-corrected chi connectivity index (χ4v) is 2.83. The smallest absolute Gasteiger partial charge is 0.378 e. The van der Waals surface area contributed by atoms with Crippen LogP contribution < -0.4 is 15.5 Å². The Bertz CT molecular complexity index is 729. The standard InChI is InChI=1S/C17H22F3N5S.HI/c1-4-21-16(22-9-12-5-7-13(8-6-12)25(2)3)23-10-15-24-14(11-26-15)17(18,19)20;/h5-8,11H,4,9-10H2,1-3H3,(H2,21,22,23);1H. The van der Waals surface area contributed by atoms with Crippen LogP contribution in [0, 0.1) is 0 Å². The lowest BCUT2D eigenvalue weighted by Gasteiger charge is -2.13. The zero-order valence-corrected chi connectivity index (χ0v) is 18.4. The molecule has 0 unspecified atom stereocenters. The maximum Gasteiger partial charge on any atom is 0.434 e. The van der Waals surface area contributed by atoms with Gasteiger partial charge in [-0.05, 0) is 24.6 Å². The van der Waals surface area contributed by atoms with Crippen LogP contribution >= 0.6 is 35.3 Å². The monoisotopic (exact) mass is 513 g/mol. The van der Waals surface area contributed by atoms with Gasteiger partial charge in [0.05, 0.1) is 13.1 Å². The quantitative estimate of drug-likeness (QED) is 0.347. The van der Waals surface area contributed by atoms with Gasteiger partial charge in [0.2, 0.25) is 0 Å². The number of guanidine groups is 1. The van der Waals surface area contributed by atoms with Gasteiger partial charge in [-0.15, -0.1) is 35.3 Å². The molecule has 0 aliphatic carbocycles. The molecule has 0 saturated heterocycles. The first-order chi connectivity index (χ1) is 12.3. The molecule has 2 N–H and O–H groups in total. The molecular weight excluding hydrogens is 490 g/mol. The lowest BCUT2D eigenvalue weighted by molar-refractivity contribution is -0.140. The number of aromatic nitrogens is 1. The highest BCUT2D eigenvalue weighted by Crippen LogP contribution is 2.29. The zero-order chi connectivity index (χ0) is 19.2. The average molecular weight is 513 g/mol. The summed E-state index contributed by atoms with van der Waals surface area (Å²) in [5.41, 5.74) is 1.29. The van der Waals surface area contributed by atoms with Gasteiger partial charge in [0.1, 0.15) is 5.01 Å². The van der Waals surface area contributed by atoms with Crippen molar-refractivity contribution in [1.82, 2.24) is 15.6 Å².